The predicted molar refractivity (Wildman–Crippen MR) is 229 cm³/mol. The van der Waals surface area contributed by atoms with Crippen molar-refractivity contribution < 1.29 is 47.8 Å². The van der Waals surface area contributed by atoms with Gasteiger partial charge in [-0.2, -0.15) is 0 Å². The predicted octanol–water partition coefficient (Wildman–Crippen LogP) is 12.4. The first-order valence-electron chi connectivity index (χ1n) is 23.1. The lowest BCUT2D eigenvalue weighted by Crippen LogP contribution is -2.28. The van der Waals surface area contributed by atoms with Gasteiger partial charge in [0.2, 0.25) is 0 Å². The van der Waals surface area contributed by atoms with Crippen molar-refractivity contribution in [2.45, 2.75) is 238 Å². The van der Waals surface area contributed by atoms with Crippen molar-refractivity contribution in [3.05, 3.63) is 12.2 Å². The standard InChI is InChI=1S/C45H87O10P/c1-3-5-7-9-11-13-15-17-19-21-23-25-27-29-31-33-35-37-45(49)55-43(39-47)41-53-56(50,51)52-40-42(38-46)54-44(48)36-34-32-30-28-26-24-22-20-18-16-14-12-10-8-6-4-2/h17,19,42-43,46-47H,3-16,18,20-41H2,1-2H3,(H,50,51)/b19-17-. The Bertz CT molecular complexity index is 946. The second-order valence-electron chi connectivity index (χ2n) is 15.7. The Morgan fingerprint density at radius 1 is 0.464 bits per heavy atom. The first kappa shape index (κ1) is 54.7. The molecule has 0 bridgehead atoms. The number of carbonyl (C=O) groups excluding carboxylic acids is 2. The van der Waals surface area contributed by atoms with Gasteiger partial charge in [-0.25, -0.2) is 4.57 Å². The third-order valence-corrected chi connectivity index (χ3v) is 11.2. The van der Waals surface area contributed by atoms with Crippen LogP contribution in [0.4, 0.5) is 0 Å². The summed E-state index contributed by atoms with van der Waals surface area (Å²) >= 11 is 0. The molecule has 0 fully saturated rings. The highest BCUT2D eigenvalue weighted by Gasteiger charge is 2.27. The van der Waals surface area contributed by atoms with E-state index in [1.165, 1.54) is 141 Å². The Hall–Kier alpha value is -1.29. The van der Waals surface area contributed by atoms with Gasteiger partial charge < -0.3 is 24.6 Å². The van der Waals surface area contributed by atoms with Crippen molar-refractivity contribution in [2.24, 2.45) is 0 Å². The molecule has 0 aliphatic heterocycles. The maximum absolute atomic E-state index is 12.4. The smallest absolute Gasteiger partial charge is 0.457 e. The highest BCUT2D eigenvalue weighted by Crippen LogP contribution is 2.43. The number of hydrogen-bond acceptors (Lipinski definition) is 9. The van der Waals surface area contributed by atoms with E-state index < -0.39 is 58.4 Å². The number of ether oxygens (including phenoxy) is 2. The van der Waals surface area contributed by atoms with Crippen LogP contribution in [0.15, 0.2) is 12.2 Å². The van der Waals surface area contributed by atoms with E-state index in [9.17, 15) is 29.3 Å². The zero-order chi connectivity index (χ0) is 41.2. The Labute approximate surface area is 343 Å². The molecule has 332 valence electrons. The summed E-state index contributed by atoms with van der Waals surface area (Å²) in [6, 6.07) is 0. The fourth-order valence-corrected chi connectivity index (χ4v) is 7.42. The molecule has 0 saturated carbocycles. The van der Waals surface area contributed by atoms with Crippen LogP contribution in [0.5, 0.6) is 0 Å². The van der Waals surface area contributed by atoms with Crippen molar-refractivity contribution in [2.75, 3.05) is 26.4 Å². The fraction of sp³-hybridized carbons (Fsp3) is 0.911. The van der Waals surface area contributed by atoms with Crippen LogP contribution in [-0.2, 0) is 32.7 Å². The van der Waals surface area contributed by atoms with E-state index in [-0.39, 0.29) is 12.8 Å². The van der Waals surface area contributed by atoms with Crippen molar-refractivity contribution in [3.63, 3.8) is 0 Å². The van der Waals surface area contributed by atoms with E-state index in [0.717, 1.165) is 44.9 Å². The van der Waals surface area contributed by atoms with Gasteiger partial charge in [-0.3, -0.25) is 18.6 Å². The molecular weight excluding hydrogens is 731 g/mol. The molecule has 0 rings (SSSR count). The lowest BCUT2D eigenvalue weighted by atomic mass is 10.0. The first-order valence-corrected chi connectivity index (χ1v) is 24.6. The van der Waals surface area contributed by atoms with Crippen LogP contribution >= 0.6 is 7.82 Å². The van der Waals surface area contributed by atoms with Crippen LogP contribution in [-0.4, -0.2) is 65.7 Å². The van der Waals surface area contributed by atoms with Crippen molar-refractivity contribution in [1.82, 2.24) is 0 Å². The summed E-state index contributed by atoms with van der Waals surface area (Å²) in [7, 11) is -4.63. The van der Waals surface area contributed by atoms with Gasteiger partial charge in [0, 0.05) is 12.8 Å². The van der Waals surface area contributed by atoms with E-state index in [2.05, 4.69) is 26.0 Å². The number of carbonyl (C=O) groups is 2. The lowest BCUT2D eigenvalue weighted by molar-refractivity contribution is -0.153. The number of unbranched alkanes of at least 4 members (excludes halogenated alkanes) is 28. The maximum Gasteiger partial charge on any atom is 0.472 e. The lowest BCUT2D eigenvalue weighted by Gasteiger charge is -2.20. The highest BCUT2D eigenvalue weighted by atomic mass is 31.2. The summed E-state index contributed by atoms with van der Waals surface area (Å²) < 4.78 is 32.6. The molecule has 0 amide bonds. The van der Waals surface area contributed by atoms with Gasteiger partial charge in [0.15, 0.2) is 0 Å². The molecule has 0 heterocycles. The number of hydrogen-bond donors (Lipinski definition) is 3. The average molecular weight is 819 g/mol. The Morgan fingerprint density at radius 2 is 0.732 bits per heavy atom. The minimum Gasteiger partial charge on any atom is -0.457 e. The Balaban J connectivity index is 3.87. The fourth-order valence-electron chi connectivity index (χ4n) is 6.64. The number of phosphoric ester groups is 1. The van der Waals surface area contributed by atoms with Gasteiger partial charge in [0.25, 0.3) is 0 Å². The molecule has 56 heavy (non-hydrogen) atoms. The van der Waals surface area contributed by atoms with Gasteiger partial charge in [0.05, 0.1) is 26.4 Å². The number of rotatable bonds is 44. The van der Waals surface area contributed by atoms with Gasteiger partial charge >= 0.3 is 19.8 Å². The zero-order valence-corrected chi connectivity index (χ0v) is 37.0. The first-order chi connectivity index (χ1) is 27.3. The number of allylic oxidation sites excluding steroid dienone is 2. The molecule has 0 radical (unpaired) electrons. The molecule has 0 aliphatic carbocycles. The molecule has 0 aromatic carbocycles. The summed E-state index contributed by atoms with van der Waals surface area (Å²) in [5.74, 6) is -1.01. The molecule has 0 aliphatic rings. The second kappa shape index (κ2) is 41.9. The van der Waals surface area contributed by atoms with Crippen LogP contribution < -0.4 is 0 Å². The SMILES string of the molecule is CCCCCCCC/C=C\CCCCCCCCCC(=O)OC(CO)COP(=O)(O)OCC(CO)OC(=O)CCCCCCCCCCCCCCCCCC. The van der Waals surface area contributed by atoms with Gasteiger partial charge in [-0.05, 0) is 38.5 Å². The Kier molecular flexibility index (Phi) is 40.9. The molecule has 0 saturated heterocycles. The number of aliphatic hydroxyl groups excluding tert-OH is 2. The largest absolute Gasteiger partial charge is 0.472 e. The summed E-state index contributed by atoms with van der Waals surface area (Å²) in [6.07, 6.45) is 40.3. The zero-order valence-electron chi connectivity index (χ0n) is 36.1. The second-order valence-corrected chi connectivity index (χ2v) is 17.2. The van der Waals surface area contributed by atoms with E-state index in [1.807, 2.05) is 0 Å². The maximum atomic E-state index is 12.4. The third-order valence-electron chi connectivity index (χ3n) is 10.2. The molecule has 0 spiro atoms. The third kappa shape index (κ3) is 39.5. The van der Waals surface area contributed by atoms with Crippen LogP contribution in [0.25, 0.3) is 0 Å². The van der Waals surface area contributed by atoms with Crippen LogP contribution in [0.1, 0.15) is 226 Å². The average Bonchev–Trinajstić information content (AvgIpc) is 3.19. The molecule has 3 unspecified atom stereocenters. The van der Waals surface area contributed by atoms with Crippen LogP contribution in [0.3, 0.4) is 0 Å². The number of esters is 2. The van der Waals surface area contributed by atoms with E-state index in [0.29, 0.717) is 12.8 Å². The molecule has 10 nitrogen and oxygen atoms in total. The molecule has 3 N–H and O–H groups in total. The summed E-state index contributed by atoms with van der Waals surface area (Å²) in [5.41, 5.74) is 0. The van der Waals surface area contributed by atoms with Crippen LogP contribution in [0.2, 0.25) is 0 Å². The Morgan fingerprint density at radius 3 is 1.02 bits per heavy atom. The summed E-state index contributed by atoms with van der Waals surface area (Å²) in [4.78, 5) is 34.6. The van der Waals surface area contributed by atoms with E-state index in [1.54, 1.807) is 0 Å². The minimum absolute atomic E-state index is 0.191. The van der Waals surface area contributed by atoms with Gasteiger partial charge in [-0.1, -0.05) is 187 Å². The van der Waals surface area contributed by atoms with E-state index in [4.69, 9.17) is 18.5 Å². The minimum atomic E-state index is -4.63. The van der Waals surface area contributed by atoms with Crippen molar-refractivity contribution in [3.8, 4) is 0 Å². The van der Waals surface area contributed by atoms with E-state index >= 15 is 0 Å². The molecular formula is C45H87O10P. The normalized spacial score (nSPS) is 13.9. The van der Waals surface area contributed by atoms with Gasteiger partial charge in [-0.15, -0.1) is 0 Å². The van der Waals surface area contributed by atoms with Gasteiger partial charge in [0.1, 0.15) is 12.2 Å². The van der Waals surface area contributed by atoms with Crippen LogP contribution in [0, 0.1) is 0 Å². The molecule has 0 aromatic rings. The number of phosphoric acid groups is 1. The number of aliphatic hydroxyl groups is 2. The van der Waals surface area contributed by atoms with Crippen molar-refractivity contribution >= 4 is 19.8 Å². The summed E-state index contributed by atoms with van der Waals surface area (Å²) in [6.45, 7) is 2.24. The highest BCUT2D eigenvalue weighted by molar-refractivity contribution is 7.47. The topological polar surface area (TPSA) is 149 Å². The van der Waals surface area contributed by atoms with Crippen molar-refractivity contribution in [1.29, 1.82) is 0 Å². The molecule has 11 heteroatoms. The summed E-state index contributed by atoms with van der Waals surface area (Å²) in [5, 5.41) is 19.2. The monoisotopic (exact) mass is 819 g/mol. The quantitative estimate of drug-likeness (QED) is 0.0235. The molecule has 3 atom stereocenters. The molecule has 0 aromatic heterocycles.